The highest BCUT2D eigenvalue weighted by molar-refractivity contribution is 6.69. The van der Waals surface area contributed by atoms with Gasteiger partial charge in [0.15, 0.2) is 0 Å². The van der Waals surface area contributed by atoms with Crippen LogP contribution in [0.25, 0.3) is 0 Å². The average molecular weight is 571 g/mol. The molecule has 0 bridgehead atoms. The van der Waals surface area contributed by atoms with Gasteiger partial charge in [0.25, 0.3) is 0 Å². The Morgan fingerprint density at radius 3 is 0.850 bits per heavy atom. The van der Waals surface area contributed by atoms with E-state index in [4.69, 9.17) is 17.7 Å². The summed E-state index contributed by atoms with van der Waals surface area (Å²) >= 11 is 0. The maximum atomic E-state index is 6.78. The van der Waals surface area contributed by atoms with Gasteiger partial charge in [0.1, 0.15) is 23.0 Å². The van der Waals surface area contributed by atoms with Crippen LogP contribution in [0, 0.1) is 0 Å². The number of benzene rings is 4. The number of hydrogen-bond donors (Lipinski definition) is 0. The van der Waals surface area contributed by atoms with E-state index >= 15 is 0 Å². The molecule has 0 spiro atoms. The summed E-state index contributed by atoms with van der Waals surface area (Å²) in [7, 11) is -5.21. The van der Waals surface area contributed by atoms with Crippen molar-refractivity contribution in [3.63, 3.8) is 0 Å². The molecule has 0 aliphatic heterocycles. The number of hydrogen-bond acceptors (Lipinski definition) is 4. The Labute approximate surface area is 242 Å². The first-order valence-electron chi connectivity index (χ1n) is 14.6. The molecule has 4 aromatic carbocycles. The van der Waals surface area contributed by atoms with Crippen molar-refractivity contribution in [3.05, 3.63) is 121 Å². The molecule has 0 amide bonds. The lowest BCUT2D eigenvalue weighted by Crippen LogP contribution is -2.49. The summed E-state index contributed by atoms with van der Waals surface area (Å²) in [6.45, 7) is 4.43. The van der Waals surface area contributed by atoms with Crippen LogP contribution in [-0.4, -0.2) is 17.1 Å². The van der Waals surface area contributed by atoms with Crippen LogP contribution in [0.15, 0.2) is 121 Å². The summed E-state index contributed by atoms with van der Waals surface area (Å²) in [5.41, 5.74) is 0. The fraction of sp³-hybridized carbons (Fsp3) is 0.294. The highest BCUT2D eigenvalue weighted by atomic mass is 28.4. The predicted octanol–water partition coefficient (Wildman–Crippen LogP) is 9.79. The second kappa shape index (κ2) is 15.3. The predicted molar refractivity (Wildman–Crippen MR) is 169 cm³/mol. The minimum absolute atomic E-state index is 0.882. The van der Waals surface area contributed by atoms with E-state index in [1.54, 1.807) is 0 Å². The fourth-order valence-electron chi connectivity index (χ4n) is 5.06. The third kappa shape index (κ3) is 9.03. The van der Waals surface area contributed by atoms with Gasteiger partial charge >= 0.3 is 17.1 Å². The van der Waals surface area contributed by atoms with Crippen molar-refractivity contribution in [2.24, 2.45) is 0 Å². The van der Waals surface area contributed by atoms with E-state index in [1.165, 1.54) is 0 Å². The Morgan fingerprint density at radius 1 is 0.375 bits per heavy atom. The topological polar surface area (TPSA) is 36.9 Å². The van der Waals surface area contributed by atoms with Crippen molar-refractivity contribution in [2.75, 3.05) is 0 Å². The van der Waals surface area contributed by atoms with E-state index < -0.39 is 17.1 Å². The molecule has 40 heavy (non-hydrogen) atoms. The summed E-state index contributed by atoms with van der Waals surface area (Å²) in [5.74, 6) is 3.53. The van der Waals surface area contributed by atoms with Gasteiger partial charge in [-0.15, -0.1) is 0 Å². The fourth-order valence-corrected chi connectivity index (χ4v) is 11.8. The third-order valence-electron chi connectivity index (χ3n) is 6.82. The molecular formula is C34H42O4Si2. The lowest BCUT2D eigenvalue weighted by atomic mass is 10.3. The Kier molecular flexibility index (Phi) is 11.3. The van der Waals surface area contributed by atoms with E-state index in [2.05, 4.69) is 13.8 Å². The van der Waals surface area contributed by atoms with Crippen molar-refractivity contribution in [1.82, 2.24) is 0 Å². The average Bonchev–Trinajstić information content (AvgIpc) is 2.98. The second-order valence-corrected chi connectivity index (χ2v) is 16.6. The Balaban J connectivity index is 1.53. The first kappa shape index (κ1) is 29.5. The summed E-state index contributed by atoms with van der Waals surface area (Å²) in [6, 6.07) is 44.2. The van der Waals surface area contributed by atoms with Crippen LogP contribution in [0.4, 0.5) is 0 Å². The van der Waals surface area contributed by atoms with Crippen molar-refractivity contribution in [3.8, 4) is 23.0 Å². The molecule has 0 unspecified atom stereocenters. The quantitative estimate of drug-likeness (QED) is 0.0935. The van der Waals surface area contributed by atoms with Crippen LogP contribution in [0.2, 0.25) is 24.2 Å². The standard InChI is InChI=1S/C34H42O4Si2/c1-3-27-39(35-31-19-9-5-10-20-31,36-32-21-11-6-12-22-32)29-17-18-30-40(28-4-2,37-33-23-13-7-14-24-33)38-34-25-15-8-16-26-34/h5-16,19-26H,3-4,17-18,27-30H2,1-2H3. The molecule has 0 aliphatic carbocycles. The van der Waals surface area contributed by atoms with Gasteiger partial charge in [0.2, 0.25) is 0 Å². The lowest BCUT2D eigenvalue weighted by Gasteiger charge is -2.33. The van der Waals surface area contributed by atoms with Gasteiger partial charge in [-0.05, 0) is 61.4 Å². The van der Waals surface area contributed by atoms with Crippen LogP contribution in [0.5, 0.6) is 23.0 Å². The van der Waals surface area contributed by atoms with Gasteiger partial charge in [0, 0.05) is 24.2 Å². The van der Waals surface area contributed by atoms with E-state index in [9.17, 15) is 0 Å². The molecule has 4 nitrogen and oxygen atoms in total. The van der Waals surface area contributed by atoms with E-state index in [0.29, 0.717) is 0 Å². The van der Waals surface area contributed by atoms with Crippen molar-refractivity contribution >= 4 is 17.1 Å². The van der Waals surface area contributed by atoms with Crippen LogP contribution >= 0.6 is 0 Å². The summed E-state index contributed by atoms with van der Waals surface area (Å²) in [5, 5.41) is 0. The van der Waals surface area contributed by atoms with Crippen molar-refractivity contribution in [1.29, 1.82) is 0 Å². The molecule has 0 atom stereocenters. The molecule has 6 heteroatoms. The van der Waals surface area contributed by atoms with Crippen molar-refractivity contribution < 1.29 is 17.7 Å². The van der Waals surface area contributed by atoms with Crippen molar-refractivity contribution in [2.45, 2.75) is 63.7 Å². The Morgan fingerprint density at radius 2 is 0.625 bits per heavy atom. The molecule has 0 saturated heterocycles. The largest absolute Gasteiger partial charge is 0.512 e. The smallest absolute Gasteiger partial charge is 0.460 e. The highest BCUT2D eigenvalue weighted by Gasteiger charge is 2.43. The first-order chi connectivity index (χ1) is 19.6. The van der Waals surface area contributed by atoms with Gasteiger partial charge in [-0.25, -0.2) is 0 Å². The molecule has 0 aromatic heterocycles. The molecule has 4 aromatic rings. The number of unbranched alkanes of at least 4 members (excludes halogenated alkanes) is 1. The Bertz CT molecular complexity index is 1040. The van der Waals surface area contributed by atoms with Gasteiger partial charge in [-0.3, -0.25) is 0 Å². The van der Waals surface area contributed by atoms with Crippen LogP contribution < -0.4 is 17.7 Å². The maximum absolute atomic E-state index is 6.78. The molecule has 0 aliphatic rings. The normalized spacial score (nSPS) is 11.6. The monoisotopic (exact) mass is 570 g/mol. The molecule has 4 rings (SSSR count). The van der Waals surface area contributed by atoms with Crippen LogP contribution in [0.3, 0.4) is 0 Å². The zero-order valence-corrected chi connectivity index (χ0v) is 25.8. The number of rotatable bonds is 17. The zero-order valence-electron chi connectivity index (χ0n) is 23.8. The first-order valence-corrected chi connectivity index (χ1v) is 19.1. The molecule has 0 saturated carbocycles. The third-order valence-corrected chi connectivity index (χ3v) is 14.0. The lowest BCUT2D eigenvalue weighted by molar-refractivity contribution is 0.364. The molecule has 0 radical (unpaired) electrons. The minimum atomic E-state index is -2.61. The molecule has 210 valence electrons. The van der Waals surface area contributed by atoms with E-state index in [1.807, 2.05) is 121 Å². The Hall–Kier alpha value is -3.49. The molecular weight excluding hydrogens is 529 g/mol. The number of para-hydroxylation sites is 4. The summed E-state index contributed by atoms with van der Waals surface area (Å²) in [6.07, 6.45) is 3.99. The second-order valence-electron chi connectivity index (χ2n) is 10.2. The van der Waals surface area contributed by atoms with E-state index in [-0.39, 0.29) is 0 Å². The maximum Gasteiger partial charge on any atom is 0.460 e. The SMILES string of the molecule is CCC[Si](CCCC[Si](CCC)(Oc1ccccc1)Oc1ccccc1)(Oc1ccccc1)Oc1ccccc1. The van der Waals surface area contributed by atoms with E-state index in [0.717, 1.165) is 72.9 Å². The van der Waals surface area contributed by atoms with Gasteiger partial charge in [-0.1, -0.05) is 99.5 Å². The molecule has 0 N–H and O–H groups in total. The molecule has 0 fully saturated rings. The summed E-state index contributed by atoms with van der Waals surface area (Å²) in [4.78, 5) is 0. The highest BCUT2D eigenvalue weighted by Crippen LogP contribution is 2.32. The van der Waals surface area contributed by atoms with Gasteiger partial charge in [0.05, 0.1) is 0 Å². The minimum Gasteiger partial charge on any atom is -0.512 e. The molecule has 0 heterocycles. The van der Waals surface area contributed by atoms with Crippen LogP contribution in [-0.2, 0) is 0 Å². The van der Waals surface area contributed by atoms with Gasteiger partial charge in [-0.2, -0.15) is 0 Å². The summed E-state index contributed by atoms with van der Waals surface area (Å²) < 4.78 is 27.1. The van der Waals surface area contributed by atoms with Gasteiger partial charge < -0.3 is 17.7 Å². The van der Waals surface area contributed by atoms with Crippen LogP contribution in [0.1, 0.15) is 39.5 Å². The zero-order chi connectivity index (χ0) is 27.9.